The fourth-order valence-electron chi connectivity index (χ4n) is 3.19. The third kappa shape index (κ3) is 2.45. The van der Waals surface area contributed by atoms with Gasteiger partial charge >= 0.3 is 0 Å². The molecule has 0 spiro atoms. The highest BCUT2D eigenvalue weighted by molar-refractivity contribution is 5.86. The highest BCUT2D eigenvalue weighted by Crippen LogP contribution is 2.30. The molecule has 0 saturated carbocycles. The third-order valence-electron chi connectivity index (χ3n) is 4.30. The maximum atomic E-state index is 4.98. The van der Waals surface area contributed by atoms with Crippen LogP contribution in [0.5, 0.6) is 0 Å². The average molecular weight is 268 g/mol. The van der Waals surface area contributed by atoms with Crippen molar-refractivity contribution in [3.8, 4) is 0 Å². The van der Waals surface area contributed by atoms with Gasteiger partial charge in [0.1, 0.15) is 0 Å². The van der Waals surface area contributed by atoms with Crippen LogP contribution in [0.3, 0.4) is 0 Å². The number of aryl methyl sites for hydroxylation is 2. The van der Waals surface area contributed by atoms with Gasteiger partial charge < -0.3 is 5.32 Å². The minimum absolute atomic E-state index is 0.516. The maximum absolute atomic E-state index is 4.98. The van der Waals surface area contributed by atoms with Crippen molar-refractivity contribution in [3.05, 3.63) is 40.6 Å². The second-order valence-electron chi connectivity index (χ2n) is 6.23. The molecule has 0 bridgehead atoms. The summed E-state index contributed by atoms with van der Waals surface area (Å²) in [4.78, 5) is 4.98. The molecule has 20 heavy (non-hydrogen) atoms. The number of hydrogen-bond acceptors (Lipinski definition) is 2. The number of para-hydroxylation sites is 1. The van der Waals surface area contributed by atoms with E-state index in [4.69, 9.17) is 4.98 Å². The number of nitrogens with one attached hydrogen (secondary N) is 1. The summed E-state index contributed by atoms with van der Waals surface area (Å²) in [6.45, 7) is 7.55. The minimum atomic E-state index is 0.516. The Morgan fingerprint density at radius 3 is 2.80 bits per heavy atom. The van der Waals surface area contributed by atoms with Crippen LogP contribution in [0.15, 0.2) is 18.2 Å². The van der Waals surface area contributed by atoms with Crippen molar-refractivity contribution in [3.63, 3.8) is 0 Å². The van der Waals surface area contributed by atoms with Crippen molar-refractivity contribution in [1.29, 1.82) is 0 Å². The molecule has 0 fully saturated rings. The standard InChI is InChI=1S/C18H24N2/c1-12(2)19-11-16-14-8-4-5-10-17(14)20-18-13(3)7-6-9-15(16)18/h6-7,9,12,19H,4-5,8,10-11H2,1-3H3. The Hall–Kier alpha value is -1.41. The molecule has 1 aromatic carbocycles. The van der Waals surface area contributed by atoms with E-state index >= 15 is 0 Å². The number of pyridine rings is 1. The fraction of sp³-hybridized carbons (Fsp3) is 0.500. The molecular formula is C18H24N2. The highest BCUT2D eigenvalue weighted by atomic mass is 14.9. The van der Waals surface area contributed by atoms with Gasteiger partial charge in [0, 0.05) is 23.7 Å². The summed E-state index contributed by atoms with van der Waals surface area (Å²) in [6.07, 6.45) is 4.94. The molecule has 0 saturated heterocycles. The van der Waals surface area contributed by atoms with E-state index in [9.17, 15) is 0 Å². The Morgan fingerprint density at radius 1 is 1.20 bits per heavy atom. The van der Waals surface area contributed by atoms with Crippen LogP contribution < -0.4 is 5.32 Å². The lowest BCUT2D eigenvalue weighted by molar-refractivity contribution is 0.581. The van der Waals surface area contributed by atoms with E-state index in [1.807, 2.05) is 0 Å². The molecular weight excluding hydrogens is 244 g/mol. The SMILES string of the molecule is Cc1cccc2c(CNC(C)C)c3c(nc12)CCCC3. The van der Waals surface area contributed by atoms with Gasteiger partial charge in [-0.3, -0.25) is 4.98 Å². The van der Waals surface area contributed by atoms with E-state index in [2.05, 4.69) is 44.3 Å². The van der Waals surface area contributed by atoms with Crippen molar-refractivity contribution in [1.82, 2.24) is 10.3 Å². The molecule has 106 valence electrons. The van der Waals surface area contributed by atoms with E-state index in [1.54, 1.807) is 0 Å². The number of nitrogens with zero attached hydrogens (tertiary/aromatic N) is 1. The molecule has 1 N–H and O–H groups in total. The minimum Gasteiger partial charge on any atom is -0.310 e. The first-order chi connectivity index (χ1) is 9.66. The van der Waals surface area contributed by atoms with Crippen LogP contribution >= 0.6 is 0 Å². The average Bonchev–Trinajstić information content (AvgIpc) is 2.44. The van der Waals surface area contributed by atoms with Gasteiger partial charge in [0.2, 0.25) is 0 Å². The summed E-state index contributed by atoms with van der Waals surface area (Å²) in [5.74, 6) is 0. The van der Waals surface area contributed by atoms with Crippen LogP contribution in [0.2, 0.25) is 0 Å². The molecule has 3 rings (SSSR count). The molecule has 1 aliphatic rings. The fourth-order valence-corrected chi connectivity index (χ4v) is 3.19. The maximum Gasteiger partial charge on any atom is 0.0737 e. The molecule has 2 aromatic rings. The first kappa shape index (κ1) is 13.6. The molecule has 1 aromatic heterocycles. The van der Waals surface area contributed by atoms with Crippen molar-refractivity contribution in [2.24, 2.45) is 0 Å². The van der Waals surface area contributed by atoms with Gasteiger partial charge in [0.25, 0.3) is 0 Å². The van der Waals surface area contributed by atoms with E-state index in [0.29, 0.717) is 6.04 Å². The summed E-state index contributed by atoms with van der Waals surface area (Å²) >= 11 is 0. The molecule has 0 unspecified atom stereocenters. The number of rotatable bonds is 3. The lowest BCUT2D eigenvalue weighted by Gasteiger charge is -2.22. The molecule has 2 nitrogen and oxygen atoms in total. The Kier molecular flexibility index (Phi) is 3.75. The number of hydrogen-bond donors (Lipinski definition) is 1. The number of fused-ring (bicyclic) bond motifs is 2. The number of aromatic nitrogens is 1. The van der Waals surface area contributed by atoms with Crippen molar-refractivity contribution in [2.75, 3.05) is 0 Å². The van der Waals surface area contributed by atoms with Crippen molar-refractivity contribution in [2.45, 2.75) is 59.0 Å². The Morgan fingerprint density at radius 2 is 2.00 bits per heavy atom. The van der Waals surface area contributed by atoms with Crippen molar-refractivity contribution >= 4 is 10.9 Å². The summed E-state index contributed by atoms with van der Waals surface area (Å²) in [5.41, 5.74) is 6.85. The van der Waals surface area contributed by atoms with Crippen LogP contribution in [0.25, 0.3) is 10.9 Å². The predicted molar refractivity (Wildman–Crippen MR) is 85.1 cm³/mol. The first-order valence-electron chi connectivity index (χ1n) is 7.80. The van der Waals surface area contributed by atoms with Gasteiger partial charge in [-0.15, -0.1) is 0 Å². The van der Waals surface area contributed by atoms with Gasteiger partial charge in [-0.1, -0.05) is 32.0 Å². The second kappa shape index (κ2) is 5.53. The lowest BCUT2D eigenvalue weighted by Crippen LogP contribution is -2.24. The molecule has 1 heterocycles. The smallest absolute Gasteiger partial charge is 0.0737 e. The van der Waals surface area contributed by atoms with Gasteiger partial charge in [-0.2, -0.15) is 0 Å². The van der Waals surface area contributed by atoms with Crippen LogP contribution in [0.4, 0.5) is 0 Å². The van der Waals surface area contributed by atoms with Crippen LogP contribution in [0, 0.1) is 6.92 Å². The zero-order chi connectivity index (χ0) is 14.1. The largest absolute Gasteiger partial charge is 0.310 e. The van der Waals surface area contributed by atoms with E-state index in [1.165, 1.54) is 52.5 Å². The molecule has 2 heteroatoms. The Balaban J connectivity index is 2.18. The summed E-state index contributed by atoms with van der Waals surface area (Å²) in [5, 5.41) is 4.94. The molecule has 0 radical (unpaired) electrons. The summed E-state index contributed by atoms with van der Waals surface area (Å²) < 4.78 is 0. The second-order valence-corrected chi connectivity index (χ2v) is 6.23. The van der Waals surface area contributed by atoms with Crippen LogP contribution in [0.1, 0.15) is 49.1 Å². The topological polar surface area (TPSA) is 24.9 Å². The monoisotopic (exact) mass is 268 g/mol. The van der Waals surface area contributed by atoms with E-state index in [-0.39, 0.29) is 0 Å². The zero-order valence-electron chi connectivity index (χ0n) is 12.8. The van der Waals surface area contributed by atoms with Crippen LogP contribution in [-0.4, -0.2) is 11.0 Å². The summed E-state index contributed by atoms with van der Waals surface area (Å²) in [6, 6.07) is 7.08. The molecule has 0 atom stereocenters. The molecule has 0 amide bonds. The predicted octanol–water partition coefficient (Wildman–Crippen LogP) is 3.92. The van der Waals surface area contributed by atoms with Gasteiger partial charge in [0.15, 0.2) is 0 Å². The lowest BCUT2D eigenvalue weighted by atomic mass is 9.89. The molecule has 1 aliphatic carbocycles. The summed E-state index contributed by atoms with van der Waals surface area (Å²) in [7, 11) is 0. The van der Waals surface area contributed by atoms with Gasteiger partial charge in [-0.05, 0) is 49.3 Å². The van der Waals surface area contributed by atoms with Crippen molar-refractivity contribution < 1.29 is 0 Å². The zero-order valence-corrected chi connectivity index (χ0v) is 12.8. The quantitative estimate of drug-likeness (QED) is 0.912. The number of benzene rings is 1. The Labute approximate surface area is 121 Å². The van der Waals surface area contributed by atoms with Gasteiger partial charge in [0.05, 0.1) is 5.52 Å². The third-order valence-corrected chi connectivity index (χ3v) is 4.30. The Bertz CT molecular complexity index is 629. The van der Waals surface area contributed by atoms with E-state index < -0.39 is 0 Å². The van der Waals surface area contributed by atoms with E-state index in [0.717, 1.165) is 13.0 Å². The first-order valence-corrected chi connectivity index (χ1v) is 7.80. The molecule has 0 aliphatic heterocycles. The normalized spacial score (nSPS) is 14.8. The van der Waals surface area contributed by atoms with Crippen LogP contribution in [-0.2, 0) is 19.4 Å². The van der Waals surface area contributed by atoms with Gasteiger partial charge in [-0.25, -0.2) is 0 Å². The highest BCUT2D eigenvalue weighted by Gasteiger charge is 2.18.